The first-order chi connectivity index (χ1) is 19.0. The fourth-order valence-corrected chi connectivity index (χ4v) is 4.72. The maximum absolute atomic E-state index is 12.3. The quantitative estimate of drug-likeness (QED) is 0.368. The first kappa shape index (κ1) is 29.1. The van der Waals surface area contributed by atoms with Crippen LogP contribution in [-0.2, 0) is 11.2 Å². The van der Waals surface area contributed by atoms with Crippen molar-refractivity contribution in [2.45, 2.75) is 57.1 Å². The number of hydrogen-bond donors (Lipinski definition) is 2. The lowest BCUT2D eigenvalue weighted by Crippen LogP contribution is -2.42. The lowest BCUT2D eigenvalue weighted by atomic mass is 10.0. The van der Waals surface area contributed by atoms with Gasteiger partial charge in [0.2, 0.25) is 5.95 Å². The number of carbonyl (C=O) groups excluding carboxylic acids is 2. The number of nitrogens with one attached hydrogen (secondary N) is 2. The van der Waals surface area contributed by atoms with Gasteiger partial charge >= 0.3 is 6.09 Å². The number of amides is 2. The lowest BCUT2D eigenvalue weighted by molar-refractivity contribution is 0.0184. The highest BCUT2D eigenvalue weighted by molar-refractivity contribution is 6.20. The summed E-state index contributed by atoms with van der Waals surface area (Å²) in [5.41, 5.74) is 2.39. The van der Waals surface area contributed by atoms with Gasteiger partial charge in [-0.05, 0) is 63.8 Å². The fourth-order valence-electron chi connectivity index (χ4n) is 4.43. The molecule has 4 rings (SSSR count). The van der Waals surface area contributed by atoms with E-state index in [1.807, 2.05) is 37.7 Å². The molecule has 214 valence electrons. The Hall–Kier alpha value is -3.86. The third kappa shape index (κ3) is 7.62. The third-order valence-electron chi connectivity index (χ3n) is 6.49. The summed E-state index contributed by atoms with van der Waals surface area (Å²) >= 11 is 6.68. The minimum Gasteiger partial charge on any atom is -0.497 e. The number of nitrogens with zero attached hydrogens (tertiary/aromatic N) is 5. The van der Waals surface area contributed by atoms with Crippen molar-refractivity contribution in [3.8, 4) is 5.75 Å². The summed E-state index contributed by atoms with van der Waals surface area (Å²) in [5.74, 6) is 0.819. The van der Waals surface area contributed by atoms with Gasteiger partial charge in [0, 0.05) is 49.9 Å². The van der Waals surface area contributed by atoms with Gasteiger partial charge in [-0.25, -0.2) is 14.8 Å². The molecule has 2 N–H and O–H groups in total. The van der Waals surface area contributed by atoms with Crippen LogP contribution in [0.5, 0.6) is 5.75 Å². The zero-order valence-corrected chi connectivity index (χ0v) is 24.2. The summed E-state index contributed by atoms with van der Waals surface area (Å²) in [6.07, 6.45) is 8.80. The predicted octanol–water partition coefficient (Wildman–Crippen LogP) is 4.88. The average Bonchev–Trinajstić information content (AvgIpc) is 3.40. The number of rotatable bonds is 8. The number of hydrogen-bond acceptors (Lipinski definition) is 8. The van der Waals surface area contributed by atoms with Crippen LogP contribution in [0.1, 0.15) is 66.5 Å². The minimum atomic E-state index is -0.505. The zero-order valence-electron chi connectivity index (χ0n) is 23.5. The molecule has 0 radical (unpaired) electrons. The Labute approximate surface area is 239 Å². The van der Waals surface area contributed by atoms with E-state index in [4.69, 9.17) is 21.1 Å². The van der Waals surface area contributed by atoms with Crippen molar-refractivity contribution in [3.05, 3.63) is 59.7 Å². The smallest absolute Gasteiger partial charge is 0.410 e. The van der Waals surface area contributed by atoms with E-state index in [9.17, 15) is 9.59 Å². The van der Waals surface area contributed by atoms with Crippen LogP contribution in [0.15, 0.2) is 43.0 Å². The molecule has 3 heterocycles. The summed E-state index contributed by atoms with van der Waals surface area (Å²) in [4.78, 5) is 35.0. The molecule has 1 saturated heterocycles. The second-order valence-corrected chi connectivity index (χ2v) is 11.2. The zero-order chi connectivity index (χ0) is 28.9. The molecule has 2 amide bonds. The Balaban J connectivity index is 1.32. The fraction of sp³-hybridized carbons (Fsp3) is 0.464. The topological polar surface area (TPSA) is 124 Å². The predicted molar refractivity (Wildman–Crippen MR) is 152 cm³/mol. The molecule has 1 aromatic carbocycles. The number of anilines is 2. The van der Waals surface area contributed by atoms with Crippen molar-refractivity contribution < 1.29 is 19.1 Å². The molecule has 0 saturated carbocycles. The standard InChI is InChI=1S/C28H36ClN7O4/c1-28(2,3)40-27(38)35-8-6-22(7-9-35)36-17-21(16-33-36)34-26-31-14-20(15-32-26)24(29)12-18-10-19(25(37)30-4)13-23(11-18)39-5/h10-11,13-17,22,24H,6-9,12H2,1-5H3,(H,30,37)(H,31,32,34). The number of benzene rings is 1. The SMILES string of the molecule is CNC(=O)c1cc(CC(Cl)c2cnc(Nc3cnn(C4CCN(C(=O)OC(C)(C)C)CC4)c3)nc2)cc(OC)c1. The van der Waals surface area contributed by atoms with E-state index in [2.05, 4.69) is 25.7 Å². The van der Waals surface area contributed by atoms with E-state index in [1.165, 1.54) is 0 Å². The Kier molecular flexibility index (Phi) is 9.14. The van der Waals surface area contributed by atoms with Crippen LogP contribution in [0.4, 0.5) is 16.4 Å². The molecular weight excluding hydrogens is 534 g/mol. The number of halogens is 1. The van der Waals surface area contributed by atoms with Gasteiger partial charge in [0.05, 0.1) is 30.4 Å². The van der Waals surface area contributed by atoms with Crippen molar-refractivity contribution in [3.63, 3.8) is 0 Å². The van der Waals surface area contributed by atoms with E-state index in [-0.39, 0.29) is 18.0 Å². The van der Waals surface area contributed by atoms with Gasteiger partial charge < -0.3 is 25.0 Å². The van der Waals surface area contributed by atoms with Crippen LogP contribution in [-0.4, -0.2) is 69.5 Å². The molecule has 1 unspecified atom stereocenters. The second-order valence-electron chi connectivity index (χ2n) is 10.7. The molecular formula is C28H36ClN7O4. The van der Waals surface area contributed by atoms with Crippen LogP contribution < -0.4 is 15.4 Å². The van der Waals surface area contributed by atoms with Crippen LogP contribution in [0.2, 0.25) is 0 Å². The maximum atomic E-state index is 12.3. The molecule has 0 spiro atoms. The molecule has 1 fully saturated rings. The molecule has 3 aromatic rings. The lowest BCUT2D eigenvalue weighted by Gasteiger charge is -2.33. The minimum absolute atomic E-state index is 0.190. The number of methoxy groups -OCH3 is 1. The molecule has 0 bridgehead atoms. The van der Waals surface area contributed by atoms with Gasteiger partial charge in [0.15, 0.2) is 0 Å². The summed E-state index contributed by atoms with van der Waals surface area (Å²) in [6.45, 7) is 6.85. The highest BCUT2D eigenvalue weighted by Gasteiger charge is 2.28. The summed E-state index contributed by atoms with van der Waals surface area (Å²) < 4.78 is 12.7. The first-order valence-electron chi connectivity index (χ1n) is 13.2. The third-order valence-corrected chi connectivity index (χ3v) is 6.89. The largest absolute Gasteiger partial charge is 0.497 e. The summed E-state index contributed by atoms with van der Waals surface area (Å²) in [6, 6.07) is 5.53. The van der Waals surface area contributed by atoms with Crippen molar-refractivity contribution >= 4 is 35.2 Å². The maximum Gasteiger partial charge on any atom is 0.410 e. The van der Waals surface area contributed by atoms with Crippen molar-refractivity contribution in [1.29, 1.82) is 0 Å². The van der Waals surface area contributed by atoms with Crippen LogP contribution in [0.25, 0.3) is 0 Å². The second kappa shape index (κ2) is 12.5. The number of aromatic nitrogens is 4. The van der Waals surface area contributed by atoms with Gasteiger partial charge in [-0.2, -0.15) is 5.10 Å². The molecule has 1 atom stereocenters. The number of likely N-dealkylation sites (tertiary alicyclic amines) is 1. The Morgan fingerprint density at radius 3 is 2.45 bits per heavy atom. The summed E-state index contributed by atoms with van der Waals surface area (Å²) in [5, 5.41) is 9.91. The van der Waals surface area contributed by atoms with Gasteiger partial charge in [-0.1, -0.05) is 0 Å². The van der Waals surface area contributed by atoms with Crippen molar-refractivity contribution in [2.75, 3.05) is 32.6 Å². The van der Waals surface area contributed by atoms with Gasteiger partial charge in [-0.15, -0.1) is 11.6 Å². The Bertz CT molecular complexity index is 1310. The molecule has 40 heavy (non-hydrogen) atoms. The van der Waals surface area contributed by atoms with E-state index < -0.39 is 11.0 Å². The van der Waals surface area contributed by atoms with Crippen LogP contribution in [0, 0.1) is 0 Å². The van der Waals surface area contributed by atoms with Gasteiger partial charge in [-0.3, -0.25) is 9.48 Å². The molecule has 2 aromatic heterocycles. The number of carbonyl (C=O) groups is 2. The average molecular weight is 570 g/mol. The van der Waals surface area contributed by atoms with E-state index in [0.29, 0.717) is 36.8 Å². The van der Waals surface area contributed by atoms with Crippen molar-refractivity contribution in [2.24, 2.45) is 0 Å². The van der Waals surface area contributed by atoms with Crippen LogP contribution >= 0.6 is 11.6 Å². The number of ether oxygens (including phenoxy) is 2. The molecule has 12 heteroatoms. The highest BCUT2D eigenvalue weighted by atomic mass is 35.5. The Morgan fingerprint density at radius 1 is 1.12 bits per heavy atom. The molecule has 11 nitrogen and oxygen atoms in total. The summed E-state index contributed by atoms with van der Waals surface area (Å²) in [7, 11) is 3.14. The first-order valence-corrected chi connectivity index (χ1v) is 13.6. The highest BCUT2D eigenvalue weighted by Crippen LogP contribution is 2.28. The monoisotopic (exact) mass is 569 g/mol. The van der Waals surface area contributed by atoms with E-state index in [0.717, 1.165) is 29.7 Å². The Morgan fingerprint density at radius 2 is 1.82 bits per heavy atom. The number of alkyl halides is 1. The van der Waals surface area contributed by atoms with E-state index in [1.54, 1.807) is 49.8 Å². The molecule has 1 aliphatic heterocycles. The normalized spacial score (nSPS) is 14.9. The molecule has 1 aliphatic rings. The van der Waals surface area contributed by atoms with Gasteiger partial charge in [0.25, 0.3) is 5.91 Å². The van der Waals surface area contributed by atoms with E-state index >= 15 is 0 Å². The van der Waals surface area contributed by atoms with Crippen molar-refractivity contribution in [1.82, 2.24) is 30.0 Å². The van der Waals surface area contributed by atoms with Crippen LogP contribution in [0.3, 0.4) is 0 Å². The number of piperidine rings is 1. The van der Waals surface area contributed by atoms with Gasteiger partial charge in [0.1, 0.15) is 11.4 Å². The molecule has 0 aliphatic carbocycles.